The molecule has 1 radical (unpaired) electrons. The Bertz CT molecular complexity index is 1760. The Balaban J connectivity index is 0.000000200. The molecule has 6 rings (SSSR count). The first kappa shape index (κ1) is 24.1. The van der Waals surface area contributed by atoms with Crippen molar-refractivity contribution in [3.05, 3.63) is 115 Å². The second kappa shape index (κ2) is 11.8. The van der Waals surface area contributed by atoms with E-state index in [9.17, 15) is 0 Å². The van der Waals surface area contributed by atoms with E-state index in [1.54, 1.807) is 18.2 Å². The van der Waals surface area contributed by atoms with Crippen molar-refractivity contribution in [2.45, 2.75) is 33.4 Å². The molecule has 5 heteroatoms. The van der Waals surface area contributed by atoms with E-state index in [-0.39, 0.29) is 25.7 Å². The minimum atomic E-state index is -2.09. The summed E-state index contributed by atoms with van der Waals surface area (Å²) in [5, 5.41) is 4.17. The molecule has 38 heavy (non-hydrogen) atoms. The molecule has 0 aliphatic heterocycles. The third-order valence-corrected chi connectivity index (χ3v) is 9.44. The van der Waals surface area contributed by atoms with Gasteiger partial charge in [0, 0.05) is 41.3 Å². The fourth-order valence-electron chi connectivity index (χ4n) is 4.12. The number of hydrogen-bond acceptors (Lipinski definition) is 3. The summed E-state index contributed by atoms with van der Waals surface area (Å²) in [6, 6.07) is 32.6. The normalized spacial score (nSPS) is 12.6. The maximum Gasteiger partial charge on any atom is 0.0776 e. The van der Waals surface area contributed by atoms with Gasteiger partial charge in [0.15, 0.2) is 0 Å². The first-order valence-corrected chi connectivity index (χ1v) is 16.6. The molecule has 0 atom stereocenters. The summed E-state index contributed by atoms with van der Waals surface area (Å²) in [5.41, 5.74) is 5.15. The summed E-state index contributed by atoms with van der Waals surface area (Å²) in [5.74, 6) is 0. The molecule has 6 aromatic rings. The molecule has 193 valence electrons. The zero-order valence-electron chi connectivity index (χ0n) is 24.8. The topological polar surface area (TPSA) is 25.8 Å². The van der Waals surface area contributed by atoms with Crippen LogP contribution in [0, 0.1) is 25.9 Å². The number of nitrogens with zero attached hydrogens (tertiary/aromatic N) is 2. The van der Waals surface area contributed by atoms with Crippen molar-refractivity contribution in [3.63, 3.8) is 0 Å². The van der Waals surface area contributed by atoms with Crippen molar-refractivity contribution in [2.24, 2.45) is 0 Å². The summed E-state index contributed by atoms with van der Waals surface area (Å²) >= 11 is 1.87. The molecule has 3 aromatic carbocycles. The Morgan fingerprint density at radius 1 is 0.789 bits per heavy atom. The van der Waals surface area contributed by atoms with E-state index in [0.29, 0.717) is 0 Å². The van der Waals surface area contributed by atoms with Crippen molar-refractivity contribution in [1.29, 1.82) is 0 Å². The molecule has 0 N–H and O–H groups in total. The Morgan fingerprint density at radius 2 is 1.55 bits per heavy atom. The van der Waals surface area contributed by atoms with Crippen LogP contribution in [0.5, 0.6) is 0 Å². The number of rotatable bonds is 3. The standard InChI is InChI=1S/C21H20NSSi.C12H10N.Ir/c1-14-8-11-19(22-13-14)18-7-5-6-17-16-10-9-15(24(2,3)4)12-20(16)23-21(17)18;1-10-7-8-12(13-9-10)11-5-3-2-4-6-11;/h5-6,8-13H,1-4H3;2-5,7-9H,1H3;/q2*-1;/i;1D3;. The van der Waals surface area contributed by atoms with Gasteiger partial charge in [-0.2, -0.15) is 11.3 Å². The SMILES string of the molecule is Cc1ccc(-c2[c-]ccc3c2sc2cc([Si](C)(C)C)ccc23)nc1.[2H]C([2H])([2H])c1ccc(-c2[c-]cccc2)nc1.[Ir]. The minimum absolute atomic E-state index is 0. The maximum absolute atomic E-state index is 7.23. The van der Waals surface area contributed by atoms with Crippen LogP contribution in [0.25, 0.3) is 42.7 Å². The van der Waals surface area contributed by atoms with Crippen LogP contribution in [0.15, 0.2) is 91.3 Å². The van der Waals surface area contributed by atoms with Crippen LogP contribution in [0.3, 0.4) is 0 Å². The van der Waals surface area contributed by atoms with E-state index >= 15 is 0 Å². The molecule has 0 unspecified atom stereocenters. The van der Waals surface area contributed by atoms with Crippen molar-refractivity contribution in [3.8, 4) is 22.5 Å². The Labute approximate surface area is 248 Å². The Hall–Kier alpha value is -2.95. The fourth-order valence-corrected chi connectivity index (χ4v) is 6.63. The van der Waals surface area contributed by atoms with Gasteiger partial charge < -0.3 is 9.97 Å². The summed E-state index contributed by atoms with van der Waals surface area (Å²) in [7, 11) is -1.30. The minimum Gasteiger partial charge on any atom is -0.304 e. The molecule has 0 saturated heterocycles. The van der Waals surface area contributed by atoms with Crippen LogP contribution in [0.1, 0.15) is 15.2 Å². The monoisotopic (exact) mass is 710 g/mol. The number of pyridine rings is 2. The van der Waals surface area contributed by atoms with Crippen LogP contribution in [-0.4, -0.2) is 18.0 Å². The molecule has 3 heterocycles. The van der Waals surface area contributed by atoms with Gasteiger partial charge in [-0.3, -0.25) is 0 Å². The molecular weight excluding hydrogens is 677 g/mol. The van der Waals surface area contributed by atoms with Gasteiger partial charge in [0.2, 0.25) is 0 Å². The molecule has 0 bridgehead atoms. The van der Waals surface area contributed by atoms with Crippen molar-refractivity contribution in [1.82, 2.24) is 9.97 Å². The van der Waals surface area contributed by atoms with Gasteiger partial charge in [-0.25, -0.2) is 0 Å². The van der Waals surface area contributed by atoms with Crippen LogP contribution in [0.4, 0.5) is 0 Å². The van der Waals surface area contributed by atoms with E-state index in [1.165, 1.54) is 37.1 Å². The van der Waals surface area contributed by atoms with Gasteiger partial charge in [-0.15, -0.1) is 59.7 Å². The van der Waals surface area contributed by atoms with Crippen LogP contribution >= 0.6 is 11.3 Å². The first-order valence-electron chi connectivity index (χ1n) is 13.7. The van der Waals surface area contributed by atoms with Gasteiger partial charge in [-0.05, 0) is 52.4 Å². The third-order valence-electron chi connectivity index (χ3n) is 6.22. The number of benzene rings is 3. The number of hydrogen-bond donors (Lipinski definition) is 0. The maximum atomic E-state index is 7.23. The number of aryl methyl sites for hydroxylation is 2. The Kier molecular flexibility index (Phi) is 7.51. The van der Waals surface area contributed by atoms with Crippen LogP contribution in [0.2, 0.25) is 19.6 Å². The van der Waals surface area contributed by atoms with Gasteiger partial charge in [0.05, 0.1) is 8.07 Å². The molecule has 0 spiro atoms. The summed E-state index contributed by atoms with van der Waals surface area (Å²) < 4.78 is 24.4. The molecule has 3 aromatic heterocycles. The second-order valence-corrected chi connectivity index (χ2v) is 16.2. The first-order chi connectivity index (χ1) is 19.0. The molecule has 0 fully saturated rings. The summed E-state index contributed by atoms with van der Waals surface area (Å²) in [6.45, 7) is 7.18. The molecule has 0 saturated carbocycles. The largest absolute Gasteiger partial charge is 0.304 e. The molecular formula is C33H30IrN2SSi-2. The predicted octanol–water partition coefficient (Wildman–Crippen LogP) is 8.63. The molecule has 0 aliphatic carbocycles. The van der Waals surface area contributed by atoms with Gasteiger partial charge in [0.25, 0.3) is 0 Å². The van der Waals surface area contributed by atoms with E-state index < -0.39 is 14.9 Å². The smallest absolute Gasteiger partial charge is 0.0776 e. The van der Waals surface area contributed by atoms with Crippen molar-refractivity contribution in [2.75, 3.05) is 0 Å². The summed E-state index contributed by atoms with van der Waals surface area (Å²) in [4.78, 5) is 8.73. The van der Waals surface area contributed by atoms with Crippen LogP contribution in [-0.2, 0) is 20.1 Å². The number of aromatic nitrogens is 2. The molecule has 0 amide bonds. The fraction of sp³-hybridized carbons (Fsp3) is 0.152. The number of thiophene rings is 1. The predicted molar refractivity (Wildman–Crippen MR) is 162 cm³/mol. The van der Waals surface area contributed by atoms with E-state index in [1.807, 2.05) is 41.8 Å². The van der Waals surface area contributed by atoms with Gasteiger partial charge in [-0.1, -0.05) is 66.6 Å². The van der Waals surface area contributed by atoms with Crippen LogP contribution < -0.4 is 5.19 Å². The van der Waals surface area contributed by atoms with Gasteiger partial charge in [0.1, 0.15) is 0 Å². The average Bonchev–Trinajstić information content (AvgIpc) is 3.32. The molecule has 2 nitrogen and oxygen atoms in total. The second-order valence-electron chi connectivity index (χ2n) is 10.1. The third kappa shape index (κ3) is 6.19. The molecule has 0 aliphatic rings. The zero-order valence-corrected chi connectivity index (χ0v) is 26.0. The Morgan fingerprint density at radius 3 is 2.21 bits per heavy atom. The van der Waals surface area contributed by atoms with E-state index in [2.05, 4.69) is 85.1 Å². The van der Waals surface area contributed by atoms with E-state index in [4.69, 9.17) is 4.11 Å². The van der Waals surface area contributed by atoms with E-state index in [0.717, 1.165) is 22.5 Å². The number of fused-ring (bicyclic) bond motifs is 3. The van der Waals surface area contributed by atoms with Crippen molar-refractivity contribution < 1.29 is 24.2 Å². The average molecular weight is 710 g/mol. The quantitative estimate of drug-likeness (QED) is 0.136. The van der Waals surface area contributed by atoms with Crippen molar-refractivity contribution >= 4 is 44.8 Å². The summed E-state index contributed by atoms with van der Waals surface area (Å²) in [6.07, 6.45) is 3.32. The van der Waals surface area contributed by atoms with Gasteiger partial charge >= 0.3 is 0 Å². The zero-order chi connectivity index (χ0) is 28.5.